The molecule has 0 unspecified atom stereocenters. The number of fused-ring (bicyclic) bond motifs is 1. The van der Waals surface area contributed by atoms with Gasteiger partial charge in [-0.15, -0.1) is 0 Å². The minimum Gasteiger partial charge on any atom is -0.493 e. The van der Waals surface area contributed by atoms with E-state index in [2.05, 4.69) is 21.4 Å². The zero-order valence-corrected chi connectivity index (χ0v) is 12.3. The predicted molar refractivity (Wildman–Crippen MR) is 81.0 cm³/mol. The molecule has 1 atom stereocenters. The van der Waals surface area contributed by atoms with Crippen molar-refractivity contribution in [1.82, 2.24) is 9.97 Å². The van der Waals surface area contributed by atoms with Crippen molar-refractivity contribution in [3.8, 4) is 11.5 Å². The number of methoxy groups -OCH3 is 1. The standard InChI is InChI=1S/C16H19N3O2/c1-17-14-6-7-18-15(19-14)9-11-8-12-4-3-5-13(20-2)16(12)21-10-11/h3-7,11H,8-10H2,1-2H3,(H,17,18,19)/t11-/m1/s1. The summed E-state index contributed by atoms with van der Waals surface area (Å²) in [5.74, 6) is 3.76. The summed E-state index contributed by atoms with van der Waals surface area (Å²) in [7, 11) is 3.53. The van der Waals surface area contributed by atoms with Crippen LogP contribution < -0.4 is 14.8 Å². The Morgan fingerprint density at radius 1 is 1.38 bits per heavy atom. The number of para-hydroxylation sites is 1. The molecule has 110 valence electrons. The third-order valence-corrected chi connectivity index (χ3v) is 3.69. The molecule has 1 aromatic carbocycles. The van der Waals surface area contributed by atoms with Gasteiger partial charge in [-0.05, 0) is 24.1 Å². The van der Waals surface area contributed by atoms with Crippen LogP contribution in [0.15, 0.2) is 30.5 Å². The smallest absolute Gasteiger partial charge is 0.164 e. The Morgan fingerprint density at radius 3 is 3.10 bits per heavy atom. The SMILES string of the molecule is CNc1ccnc(C[C@@H]2COc3c(cccc3OC)C2)n1. The van der Waals surface area contributed by atoms with Gasteiger partial charge in [0.25, 0.3) is 0 Å². The van der Waals surface area contributed by atoms with Gasteiger partial charge in [-0.25, -0.2) is 9.97 Å². The molecule has 2 heterocycles. The average molecular weight is 285 g/mol. The number of hydrogen-bond donors (Lipinski definition) is 1. The Bertz CT molecular complexity index is 631. The second-order valence-electron chi connectivity index (χ2n) is 5.14. The van der Waals surface area contributed by atoms with E-state index < -0.39 is 0 Å². The summed E-state index contributed by atoms with van der Waals surface area (Å²) >= 11 is 0. The molecule has 5 heteroatoms. The summed E-state index contributed by atoms with van der Waals surface area (Å²) in [4.78, 5) is 8.81. The highest BCUT2D eigenvalue weighted by molar-refractivity contribution is 5.47. The third-order valence-electron chi connectivity index (χ3n) is 3.69. The van der Waals surface area contributed by atoms with Crippen LogP contribution in [0.4, 0.5) is 5.82 Å². The van der Waals surface area contributed by atoms with Crippen LogP contribution in [0.25, 0.3) is 0 Å². The Morgan fingerprint density at radius 2 is 2.29 bits per heavy atom. The number of ether oxygens (including phenoxy) is 2. The minimum absolute atomic E-state index is 0.386. The molecule has 0 saturated heterocycles. The maximum Gasteiger partial charge on any atom is 0.164 e. The first-order valence-corrected chi connectivity index (χ1v) is 7.08. The molecule has 21 heavy (non-hydrogen) atoms. The number of nitrogens with one attached hydrogen (secondary N) is 1. The molecule has 3 rings (SSSR count). The van der Waals surface area contributed by atoms with Gasteiger partial charge >= 0.3 is 0 Å². The van der Waals surface area contributed by atoms with Gasteiger partial charge in [-0.3, -0.25) is 0 Å². The summed E-state index contributed by atoms with van der Waals surface area (Å²) in [6, 6.07) is 7.89. The summed E-state index contributed by atoms with van der Waals surface area (Å²) in [6.07, 6.45) is 3.56. The van der Waals surface area contributed by atoms with Crippen molar-refractivity contribution in [2.45, 2.75) is 12.8 Å². The quantitative estimate of drug-likeness (QED) is 0.934. The number of rotatable bonds is 4. The summed E-state index contributed by atoms with van der Waals surface area (Å²) in [6.45, 7) is 0.667. The molecule has 1 aliphatic rings. The summed E-state index contributed by atoms with van der Waals surface area (Å²) in [5, 5.41) is 3.04. The largest absolute Gasteiger partial charge is 0.493 e. The predicted octanol–water partition coefficient (Wildman–Crippen LogP) is 2.32. The van der Waals surface area contributed by atoms with Crippen molar-refractivity contribution >= 4 is 5.82 Å². The fourth-order valence-electron chi connectivity index (χ4n) is 2.64. The van der Waals surface area contributed by atoms with Crippen molar-refractivity contribution in [3.63, 3.8) is 0 Å². The van der Waals surface area contributed by atoms with Gasteiger partial charge < -0.3 is 14.8 Å². The number of hydrogen-bond acceptors (Lipinski definition) is 5. The Balaban J connectivity index is 1.74. The van der Waals surface area contributed by atoms with E-state index in [1.807, 2.05) is 25.2 Å². The number of benzene rings is 1. The van der Waals surface area contributed by atoms with Crippen LogP contribution in [0.2, 0.25) is 0 Å². The lowest BCUT2D eigenvalue weighted by atomic mass is 9.93. The second kappa shape index (κ2) is 5.99. The molecule has 0 saturated carbocycles. The first-order valence-electron chi connectivity index (χ1n) is 7.08. The van der Waals surface area contributed by atoms with Crippen LogP contribution in [0.3, 0.4) is 0 Å². The van der Waals surface area contributed by atoms with Gasteiger partial charge in [0.05, 0.1) is 13.7 Å². The van der Waals surface area contributed by atoms with E-state index in [-0.39, 0.29) is 0 Å². The lowest BCUT2D eigenvalue weighted by Crippen LogP contribution is -2.24. The van der Waals surface area contributed by atoms with E-state index in [9.17, 15) is 0 Å². The summed E-state index contributed by atoms with van der Waals surface area (Å²) < 4.78 is 11.2. The highest BCUT2D eigenvalue weighted by Crippen LogP contribution is 2.36. The zero-order chi connectivity index (χ0) is 14.7. The normalized spacial score (nSPS) is 16.8. The Kier molecular flexibility index (Phi) is 3.90. The molecule has 1 aromatic heterocycles. The molecule has 1 N–H and O–H groups in total. The number of aromatic nitrogens is 2. The van der Waals surface area contributed by atoms with E-state index >= 15 is 0 Å². The molecule has 0 amide bonds. The van der Waals surface area contributed by atoms with E-state index in [1.54, 1.807) is 13.3 Å². The zero-order valence-electron chi connectivity index (χ0n) is 12.3. The van der Waals surface area contributed by atoms with Crippen LogP contribution in [0.5, 0.6) is 11.5 Å². The lowest BCUT2D eigenvalue weighted by molar-refractivity contribution is 0.210. The number of anilines is 1. The van der Waals surface area contributed by atoms with Gasteiger partial charge in [-0.2, -0.15) is 0 Å². The van der Waals surface area contributed by atoms with E-state index in [0.717, 1.165) is 36.0 Å². The van der Waals surface area contributed by atoms with Gasteiger partial charge in [0, 0.05) is 25.6 Å². The van der Waals surface area contributed by atoms with Gasteiger partial charge in [0.1, 0.15) is 11.6 Å². The van der Waals surface area contributed by atoms with Gasteiger partial charge in [0.2, 0.25) is 0 Å². The van der Waals surface area contributed by atoms with Crippen LogP contribution in [-0.4, -0.2) is 30.7 Å². The van der Waals surface area contributed by atoms with Gasteiger partial charge in [-0.1, -0.05) is 12.1 Å². The molecular weight excluding hydrogens is 266 g/mol. The molecular formula is C16H19N3O2. The van der Waals surface area contributed by atoms with Crippen LogP contribution >= 0.6 is 0 Å². The molecule has 0 aliphatic carbocycles. The molecule has 0 radical (unpaired) electrons. The third kappa shape index (κ3) is 2.91. The van der Waals surface area contributed by atoms with Crippen molar-refractivity contribution < 1.29 is 9.47 Å². The highest BCUT2D eigenvalue weighted by Gasteiger charge is 2.23. The molecule has 0 fully saturated rings. The fourth-order valence-corrected chi connectivity index (χ4v) is 2.64. The van der Waals surface area contributed by atoms with Crippen LogP contribution in [0.1, 0.15) is 11.4 Å². The lowest BCUT2D eigenvalue weighted by Gasteiger charge is -2.26. The molecule has 5 nitrogen and oxygen atoms in total. The van der Waals surface area contributed by atoms with Gasteiger partial charge in [0.15, 0.2) is 11.5 Å². The molecule has 0 spiro atoms. The molecule has 2 aromatic rings. The van der Waals surface area contributed by atoms with Crippen molar-refractivity contribution in [3.05, 3.63) is 41.9 Å². The van der Waals surface area contributed by atoms with E-state index in [1.165, 1.54) is 5.56 Å². The van der Waals surface area contributed by atoms with E-state index in [4.69, 9.17) is 9.47 Å². The number of nitrogens with zero attached hydrogens (tertiary/aromatic N) is 2. The first kappa shape index (κ1) is 13.7. The average Bonchev–Trinajstić information content (AvgIpc) is 2.54. The van der Waals surface area contributed by atoms with Crippen molar-refractivity contribution in [2.75, 3.05) is 26.1 Å². The maximum atomic E-state index is 5.89. The monoisotopic (exact) mass is 285 g/mol. The summed E-state index contributed by atoms with van der Waals surface area (Å²) in [5.41, 5.74) is 1.19. The molecule has 1 aliphatic heterocycles. The Labute approximate surface area is 124 Å². The minimum atomic E-state index is 0.386. The van der Waals surface area contributed by atoms with Crippen molar-refractivity contribution in [1.29, 1.82) is 0 Å². The van der Waals surface area contributed by atoms with Crippen LogP contribution in [-0.2, 0) is 12.8 Å². The fraction of sp³-hybridized carbons (Fsp3) is 0.375. The Hall–Kier alpha value is -2.30. The van der Waals surface area contributed by atoms with E-state index in [0.29, 0.717) is 12.5 Å². The maximum absolute atomic E-state index is 5.89. The van der Waals surface area contributed by atoms with Crippen molar-refractivity contribution in [2.24, 2.45) is 5.92 Å². The van der Waals surface area contributed by atoms with Crippen LogP contribution in [0, 0.1) is 5.92 Å². The second-order valence-corrected chi connectivity index (χ2v) is 5.14. The molecule has 0 bridgehead atoms. The highest BCUT2D eigenvalue weighted by atomic mass is 16.5. The topological polar surface area (TPSA) is 56.3 Å². The first-order chi connectivity index (χ1) is 10.3.